The van der Waals surface area contributed by atoms with Crippen LogP contribution in [0.1, 0.15) is 19.3 Å². The van der Waals surface area contributed by atoms with Gasteiger partial charge in [0.1, 0.15) is 6.04 Å². The van der Waals surface area contributed by atoms with Crippen LogP contribution in [0.2, 0.25) is 0 Å². The van der Waals surface area contributed by atoms with E-state index in [1.165, 1.54) is 14.2 Å². The Morgan fingerprint density at radius 3 is 2.27 bits per heavy atom. The van der Waals surface area contributed by atoms with E-state index in [0.29, 0.717) is 0 Å². The molecule has 15 heavy (non-hydrogen) atoms. The van der Waals surface area contributed by atoms with Gasteiger partial charge in [-0.05, 0) is 25.9 Å². The molecule has 0 amide bonds. The molecule has 0 radical (unpaired) electrons. The molecule has 1 atom stereocenters. The fourth-order valence-electron chi connectivity index (χ4n) is 1.79. The van der Waals surface area contributed by atoms with Gasteiger partial charge in [0, 0.05) is 0 Å². The molecule has 1 rings (SSSR count). The van der Waals surface area contributed by atoms with E-state index < -0.39 is 6.04 Å². The Labute approximate surface area is 89.3 Å². The largest absolute Gasteiger partial charge is 0.469 e. The van der Waals surface area contributed by atoms with Crippen molar-refractivity contribution in [2.45, 2.75) is 25.3 Å². The molecule has 1 saturated heterocycles. The number of methoxy groups -OCH3 is 2. The van der Waals surface area contributed by atoms with Crippen LogP contribution in [0.5, 0.6) is 0 Å². The molecule has 5 nitrogen and oxygen atoms in total. The maximum atomic E-state index is 11.5. The molecule has 1 heterocycles. The smallest absolute Gasteiger partial charge is 0.323 e. The summed E-state index contributed by atoms with van der Waals surface area (Å²) in [5.41, 5.74) is 0. The number of likely N-dealkylation sites (tertiary alicyclic amines) is 1. The molecule has 0 N–H and O–H groups in total. The predicted octanol–water partition coefficient (Wildman–Crippen LogP) is 0.187. The van der Waals surface area contributed by atoms with Gasteiger partial charge in [0.05, 0.1) is 20.6 Å². The standard InChI is InChI=1S/C10H17NO4/c1-14-9(12)7-8(10(13)15-2)11-5-3-4-6-11/h8H,3-7H2,1-2H3/t8-/m1/s1. The van der Waals surface area contributed by atoms with Gasteiger partial charge in [0.2, 0.25) is 0 Å². The van der Waals surface area contributed by atoms with Crippen molar-refractivity contribution in [1.82, 2.24) is 4.90 Å². The lowest BCUT2D eigenvalue weighted by molar-refractivity contribution is -0.153. The topological polar surface area (TPSA) is 55.8 Å². The summed E-state index contributed by atoms with van der Waals surface area (Å²) in [5, 5.41) is 0. The highest BCUT2D eigenvalue weighted by Gasteiger charge is 2.31. The lowest BCUT2D eigenvalue weighted by Gasteiger charge is -2.23. The minimum Gasteiger partial charge on any atom is -0.469 e. The van der Waals surface area contributed by atoms with Crippen LogP contribution in [-0.2, 0) is 19.1 Å². The van der Waals surface area contributed by atoms with Crippen LogP contribution in [0.4, 0.5) is 0 Å². The second-order valence-corrected chi connectivity index (χ2v) is 3.56. The zero-order valence-electron chi connectivity index (χ0n) is 9.19. The minimum absolute atomic E-state index is 0.0726. The molecular formula is C10H17NO4. The predicted molar refractivity (Wildman–Crippen MR) is 53.2 cm³/mol. The Kier molecular flexibility index (Phi) is 4.55. The maximum absolute atomic E-state index is 11.5. The fraction of sp³-hybridized carbons (Fsp3) is 0.800. The Bertz CT molecular complexity index is 236. The molecule has 1 aliphatic rings. The van der Waals surface area contributed by atoms with Crippen LogP contribution in [0, 0.1) is 0 Å². The van der Waals surface area contributed by atoms with Crippen LogP contribution in [0.3, 0.4) is 0 Å². The first-order valence-corrected chi connectivity index (χ1v) is 5.07. The van der Waals surface area contributed by atoms with Gasteiger partial charge in [-0.3, -0.25) is 14.5 Å². The van der Waals surface area contributed by atoms with Crippen molar-refractivity contribution in [3.63, 3.8) is 0 Å². The van der Waals surface area contributed by atoms with Gasteiger partial charge < -0.3 is 9.47 Å². The fourth-order valence-corrected chi connectivity index (χ4v) is 1.79. The molecular weight excluding hydrogens is 198 g/mol. The molecule has 86 valence electrons. The zero-order chi connectivity index (χ0) is 11.3. The number of nitrogens with zero attached hydrogens (tertiary/aromatic N) is 1. The molecule has 0 aromatic carbocycles. The molecule has 0 saturated carbocycles. The summed E-state index contributed by atoms with van der Waals surface area (Å²) in [6.07, 6.45) is 2.20. The number of rotatable bonds is 4. The second-order valence-electron chi connectivity index (χ2n) is 3.56. The van der Waals surface area contributed by atoms with Crippen molar-refractivity contribution in [3.8, 4) is 0 Å². The third-order valence-corrected chi connectivity index (χ3v) is 2.64. The van der Waals surface area contributed by atoms with E-state index in [-0.39, 0.29) is 18.4 Å². The van der Waals surface area contributed by atoms with E-state index in [1.807, 2.05) is 4.90 Å². The van der Waals surface area contributed by atoms with Crippen LogP contribution in [0.15, 0.2) is 0 Å². The summed E-state index contributed by atoms with van der Waals surface area (Å²) < 4.78 is 9.24. The summed E-state index contributed by atoms with van der Waals surface area (Å²) in [5.74, 6) is -0.736. The molecule has 0 spiro atoms. The van der Waals surface area contributed by atoms with Crippen LogP contribution < -0.4 is 0 Å². The lowest BCUT2D eigenvalue weighted by Crippen LogP contribution is -2.41. The van der Waals surface area contributed by atoms with E-state index in [1.54, 1.807) is 0 Å². The minimum atomic E-state index is -0.482. The summed E-state index contributed by atoms with van der Waals surface area (Å²) in [7, 11) is 2.66. The van der Waals surface area contributed by atoms with Gasteiger partial charge in [0.25, 0.3) is 0 Å². The number of hydrogen-bond acceptors (Lipinski definition) is 5. The SMILES string of the molecule is COC(=O)C[C@H](C(=O)OC)N1CCCC1. The Morgan fingerprint density at radius 2 is 1.80 bits per heavy atom. The van der Waals surface area contributed by atoms with E-state index in [9.17, 15) is 9.59 Å². The van der Waals surface area contributed by atoms with Crippen LogP contribution >= 0.6 is 0 Å². The van der Waals surface area contributed by atoms with Crippen molar-refractivity contribution in [2.24, 2.45) is 0 Å². The van der Waals surface area contributed by atoms with Gasteiger partial charge in [0.15, 0.2) is 0 Å². The number of esters is 2. The molecule has 0 aliphatic carbocycles. The van der Waals surface area contributed by atoms with Crippen molar-refractivity contribution < 1.29 is 19.1 Å². The highest BCUT2D eigenvalue weighted by molar-refractivity contribution is 5.82. The molecule has 0 aromatic heterocycles. The monoisotopic (exact) mass is 215 g/mol. The summed E-state index contributed by atoms with van der Waals surface area (Å²) in [6.45, 7) is 1.69. The molecule has 0 aromatic rings. The van der Waals surface area contributed by atoms with E-state index in [2.05, 4.69) is 9.47 Å². The molecule has 5 heteroatoms. The molecule has 0 unspecified atom stereocenters. The number of ether oxygens (including phenoxy) is 2. The first-order chi connectivity index (χ1) is 7.19. The molecule has 1 fully saturated rings. The highest BCUT2D eigenvalue weighted by atomic mass is 16.5. The quantitative estimate of drug-likeness (QED) is 0.626. The summed E-state index contributed by atoms with van der Waals surface area (Å²) in [4.78, 5) is 24.6. The Hall–Kier alpha value is -1.10. The van der Waals surface area contributed by atoms with Crippen molar-refractivity contribution in [1.29, 1.82) is 0 Å². The number of hydrogen-bond donors (Lipinski definition) is 0. The lowest BCUT2D eigenvalue weighted by atomic mass is 10.2. The van der Waals surface area contributed by atoms with Crippen LogP contribution in [0.25, 0.3) is 0 Å². The average Bonchev–Trinajstić information content (AvgIpc) is 2.77. The third kappa shape index (κ3) is 3.20. The summed E-state index contributed by atoms with van der Waals surface area (Å²) >= 11 is 0. The van der Waals surface area contributed by atoms with Crippen molar-refractivity contribution in [3.05, 3.63) is 0 Å². The first-order valence-electron chi connectivity index (χ1n) is 5.07. The Balaban J connectivity index is 2.59. The second kappa shape index (κ2) is 5.70. The van der Waals surface area contributed by atoms with E-state index in [4.69, 9.17) is 0 Å². The highest BCUT2D eigenvalue weighted by Crippen LogP contribution is 2.15. The Morgan fingerprint density at radius 1 is 1.20 bits per heavy atom. The van der Waals surface area contributed by atoms with E-state index in [0.717, 1.165) is 25.9 Å². The zero-order valence-corrected chi connectivity index (χ0v) is 9.19. The number of carbonyl (C=O) groups excluding carboxylic acids is 2. The molecule has 0 bridgehead atoms. The molecule has 1 aliphatic heterocycles. The summed E-state index contributed by atoms with van der Waals surface area (Å²) in [6, 6.07) is -0.482. The normalized spacial score (nSPS) is 18.5. The van der Waals surface area contributed by atoms with Crippen molar-refractivity contribution >= 4 is 11.9 Å². The average molecular weight is 215 g/mol. The van der Waals surface area contributed by atoms with Gasteiger partial charge >= 0.3 is 11.9 Å². The van der Waals surface area contributed by atoms with Gasteiger partial charge in [-0.15, -0.1) is 0 Å². The van der Waals surface area contributed by atoms with Crippen LogP contribution in [-0.4, -0.2) is 50.2 Å². The van der Waals surface area contributed by atoms with Crippen molar-refractivity contribution in [2.75, 3.05) is 27.3 Å². The van der Waals surface area contributed by atoms with E-state index >= 15 is 0 Å². The number of carbonyl (C=O) groups is 2. The first kappa shape index (κ1) is 12.0. The van der Waals surface area contributed by atoms with Gasteiger partial charge in [-0.1, -0.05) is 0 Å². The maximum Gasteiger partial charge on any atom is 0.323 e. The third-order valence-electron chi connectivity index (χ3n) is 2.64. The van der Waals surface area contributed by atoms with Gasteiger partial charge in [-0.25, -0.2) is 0 Å². The van der Waals surface area contributed by atoms with Gasteiger partial charge in [-0.2, -0.15) is 0 Å².